The summed E-state index contributed by atoms with van der Waals surface area (Å²) < 4.78 is 53.6. The van der Waals surface area contributed by atoms with Crippen molar-refractivity contribution < 1.29 is 32.3 Å². The molecule has 1 aliphatic heterocycles. The van der Waals surface area contributed by atoms with Gasteiger partial charge in [0.05, 0.1) is 17.2 Å². The molecule has 0 bridgehead atoms. The quantitative estimate of drug-likeness (QED) is 0.272. The molecule has 5 nitrogen and oxygen atoms in total. The van der Waals surface area contributed by atoms with Crippen molar-refractivity contribution in [3.63, 3.8) is 0 Å². The molecule has 9 heteroatoms. The number of aliphatic hydroxyl groups excluding tert-OH is 1. The fourth-order valence-corrected chi connectivity index (χ4v) is 3.57. The van der Waals surface area contributed by atoms with Gasteiger partial charge in [0, 0.05) is 29.2 Å². The SMILES string of the molecule is O=C1C(=O)N(c2ccc(C(F)(F)F)cc2)C(c2ccccc2F)/C1=C(\O)c1ccncc1. The molecule has 1 N–H and O–H groups in total. The number of alkyl halides is 3. The van der Waals surface area contributed by atoms with E-state index in [0.717, 1.165) is 35.2 Å². The van der Waals surface area contributed by atoms with Crippen molar-refractivity contribution in [1.29, 1.82) is 0 Å². The lowest BCUT2D eigenvalue weighted by atomic mass is 9.95. The molecule has 32 heavy (non-hydrogen) atoms. The summed E-state index contributed by atoms with van der Waals surface area (Å²) >= 11 is 0. The normalized spacial score (nSPS) is 18.2. The number of pyridine rings is 1. The summed E-state index contributed by atoms with van der Waals surface area (Å²) in [5, 5.41) is 10.8. The van der Waals surface area contributed by atoms with Crippen LogP contribution in [0.2, 0.25) is 0 Å². The summed E-state index contributed by atoms with van der Waals surface area (Å²) in [6.07, 6.45) is -1.88. The smallest absolute Gasteiger partial charge is 0.416 e. The number of carbonyl (C=O) groups is 2. The first-order valence-corrected chi connectivity index (χ1v) is 9.33. The van der Waals surface area contributed by atoms with Gasteiger partial charge in [-0.05, 0) is 42.5 Å². The first-order valence-electron chi connectivity index (χ1n) is 9.33. The molecule has 2 aromatic carbocycles. The monoisotopic (exact) mass is 442 g/mol. The Balaban J connectivity index is 1.92. The molecule has 2 heterocycles. The van der Waals surface area contributed by atoms with Crippen LogP contribution in [0, 0.1) is 5.82 Å². The third-order valence-corrected chi connectivity index (χ3v) is 5.07. The summed E-state index contributed by atoms with van der Waals surface area (Å²) in [5.41, 5.74) is -1.31. The highest BCUT2D eigenvalue weighted by molar-refractivity contribution is 6.51. The van der Waals surface area contributed by atoms with Crippen molar-refractivity contribution in [2.45, 2.75) is 12.2 Å². The highest BCUT2D eigenvalue weighted by Gasteiger charge is 2.48. The van der Waals surface area contributed by atoms with Crippen LogP contribution in [0.1, 0.15) is 22.7 Å². The second-order valence-electron chi connectivity index (χ2n) is 6.97. The topological polar surface area (TPSA) is 70.5 Å². The number of nitrogens with zero attached hydrogens (tertiary/aromatic N) is 2. The predicted octanol–water partition coefficient (Wildman–Crippen LogP) is 4.87. The lowest BCUT2D eigenvalue weighted by Gasteiger charge is -2.26. The Morgan fingerprint density at radius 1 is 0.938 bits per heavy atom. The van der Waals surface area contributed by atoms with Crippen molar-refractivity contribution >= 4 is 23.1 Å². The second-order valence-corrected chi connectivity index (χ2v) is 6.97. The molecule has 0 radical (unpaired) electrons. The van der Waals surface area contributed by atoms with Crippen LogP contribution in [0.3, 0.4) is 0 Å². The summed E-state index contributed by atoms with van der Waals surface area (Å²) in [4.78, 5) is 30.5. The van der Waals surface area contributed by atoms with Gasteiger partial charge in [0.2, 0.25) is 0 Å². The number of carbonyl (C=O) groups excluding carboxylic acids is 2. The Labute approximate surface area is 179 Å². The summed E-state index contributed by atoms with van der Waals surface area (Å²) in [6, 6.07) is 10.3. The lowest BCUT2D eigenvalue weighted by Crippen LogP contribution is -2.30. The van der Waals surface area contributed by atoms with Crippen molar-refractivity contribution in [3.8, 4) is 0 Å². The molecule has 1 amide bonds. The average molecular weight is 442 g/mol. The van der Waals surface area contributed by atoms with Gasteiger partial charge in [-0.25, -0.2) is 4.39 Å². The average Bonchev–Trinajstić information content (AvgIpc) is 3.04. The van der Waals surface area contributed by atoms with E-state index < -0.39 is 41.0 Å². The summed E-state index contributed by atoms with van der Waals surface area (Å²) in [5.74, 6) is -3.49. The van der Waals surface area contributed by atoms with E-state index in [4.69, 9.17) is 0 Å². The molecule has 162 valence electrons. The Hall–Kier alpha value is -4.01. The maximum atomic E-state index is 14.7. The highest BCUT2D eigenvalue weighted by Crippen LogP contribution is 2.43. The minimum absolute atomic E-state index is 0.0536. The number of hydrogen-bond donors (Lipinski definition) is 1. The van der Waals surface area contributed by atoms with Gasteiger partial charge in [0.1, 0.15) is 11.6 Å². The maximum absolute atomic E-state index is 14.7. The molecule has 3 aromatic rings. The van der Waals surface area contributed by atoms with Gasteiger partial charge in [-0.1, -0.05) is 18.2 Å². The fraction of sp³-hybridized carbons (Fsp3) is 0.0870. The highest BCUT2D eigenvalue weighted by atomic mass is 19.4. The van der Waals surface area contributed by atoms with Crippen molar-refractivity contribution in [1.82, 2.24) is 4.98 Å². The summed E-state index contributed by atoms with van der Waals surface area (Å²) in [7, 11) is 0. The maximum Gasteiger partial charge on any atom is 0.416 e. The van der Waals surface area contributed by atoms with Crippen LogP contribution >= 0.6 is 0 Å². The van der Waals surface area contributed by atoms with Gasteiger partial charge in [0.15, 0.2) is 0 Å². The molecule has 1 saturated heterocycles. The number of anilines is 1. The van der Waals surface area contributed by atoms with Crippen molar-refractivity contribution in [3.05, 3.63) is 101 Å². The first-order chi connectivity index (χ1) is 15.2. The molecule has 1 aliphatic rings. The van der Waals surface area contributed by atoms with Gasteiger partial charge < -0.3 is 5.11 Å². The van der Waals surface area contributed by atoms with E-state index in [0.29, 0.717) is 0 Å². The Morgan fingerprint density at radius 3 is 2.16 bits per heavy atom. The van der Waals surface area contributed by atoms with E-state index in [9.17, 15) is 32.3 Å². The molecule has 1 atom stereocenters. The zero-order valence-corrected chi connectivity index (χ0v) is 16.2. The molecule has 0 aliphatic carbocycles. The second kappa shape index (κ2) is 7.92. The number of aromatic nitrogens is 1. The van der Waals surface area contributed by atoms with E-state index in [1.807, 2.05) is 0 Å². The van der Waals surface area contributed by atoms with E-state index in [1.54, 1.807) is 0 Å². The molecular weight excluding hydrogens is 428 g/mol. The molecular formula is C23H14F4N2O3. The molecule has 0 saturated carbocycles. The summed E-state index contributed by atoms with van der Waals surface area (Å²) in [6.45, 7) is 0. The van der Waals surface area contributed by atoms with Gasteiger partial charge in [-0.3, -0.25) is 19.5 Å². The Kier molecular flexibility index (Phi) is 5.25. The van der Waals surface area contributed by atoms with Gasteiger partial charge >= 0.3 is 6.18 Å². The van der Waals surface area contributed by atoms with Crippen molar-refractivity contribution in [2.75, 3.05) is 4.90 Å². The molecule has 1 fully saturated rings. The van der Waals surface area contributed by atoms with E-state index in [1.165, 1.54) is 42.7 Å². The third-order valence-electron chi connectivity index (χ3n) is 5.07. The number of benzene rings is 2. The van der Waals surface area contributed by atoms with Crippen LogP contribution in [0.15, 0.2) is 78.6 Å². The number of hydrogen-bond acceptors (Lipinski definition) is 4. The molecule has 1 aromatic heterocycles. The van der Waals surface area contributed by atoms with E-state index in [-0.39, 0.29) is 22.4 Å². The van der Waals surface area contributed by atoms with E-state index >= 15 is 0 Å². The number of aliphatic hydroxyl groups is 1. The van der Waals surface area contributed by atoms with Crippen LogP contribution < -0.4 is 4.90 Å². The van der Waals surface area contributed by atoms with Crippen LogP contribution in [-0.2, 0) is 15.8 Å². The van der Waals surface area contributed by atoms with Crippen LogP contribution in [-0.4, -0.2) is 21.8 Å². The fourth-order valence-electron chi connectivity index (χ4n) is 3.57. The first kappa shape index (κ1) is 21.2. The van der Waals surface area contributed by atoms with Gasteiger partial charge in [-0.15, -0.1) is 0 Å². The Morgan fingerprint density at radius 2 is 1.56 bits per heavy atom. The van der Waals surface area contributed by atoms with Crippen LogP contribution in [0.25, 0.3) is 5.76 Å². The minimum atomic E-state index is -4.60. The van der Waals surface area contributed by atoms with Crippen molar-refractivity contribution in [2.24, 2.45) is 0 Å². The van der Waals surface area contributed by atoms with Crippen LogP contribution in [0.4, 0.5) is 23.2 Å². The number of rotatable bonds is 3. The minimum Gasteiger partial charge on any atom is -0.507 e. The number of halogens is 4. The zero-order valence-electron chi connectivity index (χ0n) is 16.2. The standard InChI is InChI=1S/C23H14F4N2O3/c24-17-4-2-1-3-16(17)19-18(20(30)13-9-11-28-12-10-13)21(31)22(32)29(19)15-7-5-14(6-8-15)23(25,26)27/h1-12,19,30H/b20-18+. The van der Waals surface area contributed by atoms with Gasteiger partial charge in [0.25, 0.3) is 11.7 Å². The molecule has 4 rings (SSSR count). The predicted molar refractivity (Wildman–Crippen MR) is 107 cm³/mol. The van der Waals surface area contributed by atoms with Crippen LogP contribution in [0.5, 0.6) is 0 Å². The van der Waals surface area contributed by atoms with E-state index in [2.05, 4.69) is 4.98 Å². The number of ketones is 1. The Bertz CT molecular complexity index is 1220. The molecule has 0 spiro atoms. The lowest BCUT2D eigenvalue weighted by molar-refractivity contribution is -0.137. The third kappa shape index (κ3) is 3.62. The van der Waals surface area contributed by atoms with Gasteiger partial charge in [-0.2, -0.15) is 13.2 Å². The zero-order chi connectivity index (χ0) is 23.0. The number of amides is 1. The molecule has 1 unspecified atom stereocenters. The number of Topliss-reactive ketones (excluding diaryl/α,β-unsaturated/α-hetero) is 1. The largest absolute Gasteiger partial charge is 0.507 e.